The topological polar surface area (TPSA) is 200 Å². The fourth-order valence-electron chi connectivity index (χ4n) is 8.90. The number of thiophene rings is 1. The van der Waals surface area contributed by atoms with Crippen molar-refractivity contribution in [2.24, 2.45) is 0 Å². The summed E-state index contributed by atoms with van der Waals surface area (Å²) in [7, 11) is 0. The first kappa shape index (κ1) is 63.1. The second-order valence-corrected chi connectivity index (χ2v) is 19.7. The molecule has 5 aromatic heterocycles. The van der Waals surface area contributed by atoms with Gasteiger partial charge >= 0.3 is 25.7 Å². The number of isothiocyanates is 1. The zero-order chi connectivity index (χ0) is 56.4. The average Bonchev–Trinajstić information content (AvgIpc) is 3.96. The summed E-state index contributed by atoms with van der Waals surface area (Å²) in [5.41, 5.74) is 18.8. The SMILES string of the molecule is CCCCCCc1ccc(/C=C/c2ccnc(/C([NH-])=C/C(=N)C(F)(F)F)c2)s1.O=CO/C=C1/C=C(c2ccnc(-c3cc(C4=C/C(=C/OC=O)CCC4)cc(-c4cc(C5=C/C(=C/OC=O)CCC5)ccn4)n3)c2)CCC1.[N-]=C=S.[Ru+2]. The molecule has 0 saturated carbocycles. The first-order valence-electron chi connectivity index (χ1n) is 25.6. The number of aryl methyl sites for hydroxylation is 1. The molecule has 3 aliphatic rings. The Morgan fingerprint density at radius 3 is 1.66 bits per heavy atom. The number of unbranched alkanes of at least 4 members (excludes halogenated alkanes) is 3. The molecule has 5 aromatic rings. The van der Waals surface area contributed by atoms with Gasteiger partial charge in [0, 0.05) is 34.0 Å². The molecule has 19 heteroatoms. The van der Waals surface area contributed by atoms with Crippen molar-refractivity contribution in [1.29, 1.82) is 5.41 Å². The van der Waals surface area contributed by atoms with Crippen molar-refractivity contribution < 1.29 is 61.2 Å². The Morgan fingerprint density at radius 2 is 1.18 bits per heavy atom. The number of halogens is 3. The molecule has 0 aliphatic heterocycles. The Labute approximate surface area is 485 Å². The van der Waals surface area contributed by atoms with E-state index in [4.69, 9.17) is 45.7 Å². The third kappa shape index (κ3) is 19.9. The smallest absolute Gasteiger partial charge is 0.753 e. The van der Waals surface area contributed by atoms with Crippen molar-refractivity contribution >= 4 is 88.4 Å². The summed E-state index contributed by atoms with van der Waals surface area (Å²) in [6.45, 7) is 3.49. The summed E-state index contributed by atoms with van der Waals surface area (Å²) >= 11 is 5.43. The molecule has 2 N–H and O–H groups in total. The van der Waals surface area contributed by atoms with Crippen LogP contribution in [-0.4, -0.2) is 56.4 Å². The molecule has 5 heterocycles. The van der Waals surface area contributed by atoms with Crippen molar-refractivity contribution in [1.82, 2.24) is 19.9 Å². The molecule has 414 valence electrons. The molecule has 0 fully saturated rings. The number of thiocarbonyl (C=S) groups is 1. The fraction of sp³-hybridized carbons (Fsp3) is 0.262. The molecule has 3 aliphatic carbocycles. The molecule has 0 spiro atoms. The summed E-state index contributed by atoms with van der Waals surface area (Å²) in [4.78, 5) is 53.3. The minimum Gasteiger partial charge on any atom is -0.753 e. The number of aromatic nitrogens is 4. The van der Waals surface area contributed by atoms with Crippen LogP contribution in [-0.2, 0) is 54.5 Å². The van der Waals surface area contributed by atoms with Gasteiger partial charge in [-0.3, -0.25) is 34.7 Å². The molecule has 8 rings (SSSR count). The maximum absolute atomic E-state index is 12.4. The monoisotopic (exact) mass is 1210 g/mol. The molecule has 0 unspecified atom stereocenters. The number of ether oxygens (including phenoxy) is 3. The third-order valence-electron chi connectivity index (χ3n) is 12.7. The van der Waals surface area contributed by atoms with E-state index < -0.39 is 17.6 Å². The van der Waals surface area contributed by atoms with E-state index in [1.54, 1.807) is 29.8 Å². The molecule has 0 bridgehead atoms. The molecule has 0 amide bonds. The summed E-state index contributed by atoms with van der Waals surface area (Å²) in [6.07, 6.45) is 29.3. The van der Waals surface area contributed by atoms with Crippen LogP contribution >= 0.6 is 23.6 Å². The number of pyridine rings is 4. The van der Waals surface area contributed by atoms with Crippen LogP contribution in [0.5, 0.6) is 0 Å². The first-order valence-corrected chi connectivity index (χ1v) is 26.8. The minimum absolute atomic E-state index is 0. The number of hydrogen-bond acceptors (Lipinski definition) is 13. The number of nitrogens with zero attached hydrogens (tertiary/aromatic N) is 5. The standard InChI is InChI=1S/C39H35N3O6.C21H23F3N3S.CNS.Ru/c43-24-46-21-27-4-1-7-30(14-27)33-10-12-40-36(17-33)38-19-35(32-9-3-6-29(16-32)23-48-26-45)20-39(42-38)37-18-34(11-13-41-37)31-8-2-5-28(15-31)22-47-25-44;1-2-3-4-5-6-16-9-10-17(28-16)8-7-15-11-12-27-19(13-15)18(25)14-20(26)21(22,23)24;2-1-3;/h10-26H,1-9H2;7-14,25-26H,2-6H2,1H3;;/q;2*-1;+2/b27-21+,28-22+,29-23+;8-7+,18-14-,26-20?;;. The van der Waals surface area contributed by atoms with Crippen LogP contribution in [0, 0.1) is 5.41 Å². The van der Waals surface area contributed by atoms with E-state index >= 15 is 0 Å². The second-order valence-electron chi connectivity index (χ2n) is 18.3. The van der Waals surface area contributed by atoms with Crippen LogP contribution < -0.4 is 0 Å². The quantitative estimate of drug-likeness (QED) is 0.0148. The second kappa shape index (κ2) is 33.0. The van der Waals surface area contributed by atoms with Crippen LogP contribution in [0.3, 0.4) is 0 Å². The molecule has 0 aromatic carbocycles. The van der Waals surface area contributed by atoms with Crippen LogP contribution in [0.1, 0.15) is 128 Å². The Kier molecular flexibility index (Phi) is 26.1. The van der Waals surface area contributed by atoms with Gasteiger partial charge in [0.2, 0.25) is 0 Å². The molecule has 13 nitrogen and oxygen atoms in total. The van der Waals surface area contributed by atoms with Crippen LogP contribution in [0.25, 0.3) is 68.5 Å². The van der Waals surface area contributed by atoms with Gasteiger partial charge in [-0.25, -0.2) is 4.98 Å². The van der Waals surface area contributed by atoms with Gasteiger partial charge in [0.05, 0.1) is 41.6 Å². The molecule has 0 radical (unpaired) electrons. The maximum atomic E-state index is 12.4. The van der Waals surface area contributed by atoms with Crippen LogP contribution in [0.15, 0.2) is 139 Å². The van der Waals surface area contributed by atoms with Crippen molar-refractivity contribution in [3.05, 3.63) is 188 Å². The molecule has 0 atom stereocenters. The number of rotatable bonds is 20. The third-order valence-corrected chi connectivity index (χ3v) is 13.8. The van der Waals surface area contributed by atoms with E-state index in [2.05, 4.69) is 78.8 Å². The van der Waals surface area contributed by atoms with Crippen molar-refractivity contribution in [3.63, 3.8) is 0 Å². The van der Waals surface area contributed by atoms with Crippen molar-refractivity contribution in [2.45, 2.75) is 103 Å². The number of hydrogen-bond donors (Lipinski definition) is 1. The normalized spacial score (nSPS) is 15.8. The summed E-state index contributed by atoms with van der Waals surface area (Å²) in [5.74, 6) is 0. The summed E-state index contributed by atoms with van der Waals surface area (Å²) < 4.78 is 52.1. The molecular formula is C61H58F3N7O6RuS2. The Morgan fingerprint density at radius 1 is 0.688 bits per heavy atom. The number of allylic oxidation sites excluding steroid dienone is 10. The van der Waals surface area contributed by atoms with E-state index in [0.29, 0.717) is 36.9 Å². The largest absolute Gasteiger partial charge is 2.00 e. The van der Waals surface area contributed by atoms with E-state index in [1.165, 1.54) is 66.8 Å². The average molecular weight is 1210 g/mol. The first-order chi connectivity index (χ1) is 38.3. The van der Waals surface area contributed by atoms with E-state index in [-0.39, 0.29) is 25.2 Å². The van der Waals surface area contributed by atoms with Gasteiger partial charge in [-0.15, -0.1) is 17.0 Å². The number of carbonyl (C=O) groups is 3. The minimum atomic E-state index is -4.77. The predicted octanol–water partition coefficient (Wildman–Crippen LogP) is 16.1. The number of nitrogens with one attached hydrogen (secondary N) is 2. The van der Waals surface area contributed by atoms with Gasteiger partial charge in [-0.05, 0) is 199 Å². The van der Waals surface area contributed by atoms with Gasteiger partial charge in [0.1, 0.15) is 5.71 Å². The maximum Gasteiger partial charge on any atom is 2.00 e. The van der Waals surface area contributed by atoms with Gasteiger partial charge in [-0.1, -0.05) is 62.7 Å². The molecular weight excluding hydrogens is 1150 g/mol. The number of carbonyl (C=O) groups excluding carboxylic acids is 3. The zero-order valence-electron chi connectivity index (χ0n) is 43.8. The van der Waals surface area contributed by atoms with Gasteiger partial charge in [0.15, 0.2) is 0 Å². The number of alkyl halides is 3. The van der Waals surface area contributed by atoms with E-state index in [0.717, 1.165) is 136 Å². The Balaban J connectivity index is 0.000000314. The molecule has 0 saturated heterocycles. The summed E-state index contributed by atoms with van der Waals surface area (Å²) in [5, 5.41) is 15.4. The predicted molar refractivity (Wildman–Crippen MR) is 309 cm³/mol. The van der Waals surface area contributed by atoms with Gasteiger partial charge < -0.3 is 25.4 Å². The van der Waals surface area contributed by atoms with Crippen LogP contribution in [0.4, 0.5) is 13.2 Å². The van der Waals surface area contributed by atoms with Crippen molar-refractivity contribution in [3.8, 4) is 22.8 Å². The van der Waals surface area contributed by atoms with E-state index in [9.17, 15) is 27.6 Å². The molecule has 80 heavy (non-hydrogen) atoms. The zero-order valence-corrected chi connectivity index (χ0v) is 47.2. The van der Waals surface area contributed by atoms with Gasteiger partial charge in [0.25, 0.3) is 19.4 Å². The Hall–Kier alpha value is -7.69. The van der Waals surface area contributed by atoms with E-state index in [1.807, 2.05) is 24.3 Å². The van der Waals surface area contributed by atoms with Crippen molar-refractivity contribution in [2.75, 3.05) is 0 Å². The fourth-order valence-corrected chi connectivity index (χ4v) is 9.86. The van der Waals surface area contributed by atoms with Crippen LogP contribution in [0.2, 0.25) is 0 Å². The van der Waals surface area contributed by atoms with Gasteiger partial charge in [-0.2, -0.15) is 18.3 Å². The Bertz CT molecular complexity index is 3150. The summed E-state index contributed by atoms with van der Waals surface area (Å²) in [6, 6.07) is 19.6.